The van der Waals surface area contributed by atoms with Crippen LogP contribution in [0.1, 0.15) is 89.9 Å². The number of nitrogens with two attached hydrogens (primary N) is 1. The van der Waals surface area contributed by atoms with E-state index in [1.165, 1.54) is 57.8 Å². The second-order valence-electron chi connectivity index (χ2n) is 6.59. The maximum absolute atomic E-state index is 12.1. The van der Waals surface area contributed by atoms with Crippen LogP contribution in [-0.2, 0) is 9.59 Å². The van der Waals surface area contributed by atoms with Crippen molar-refractivity contribution < 1.29 is 9.59 Å². The predicted octanol–water partition coefficient (Wildman–Crippen LogP) is 3.78. The second kappa shape index (κ2) is 12.5. The van der Waals surface area contributed by atoms with Crippen LogP contribution in [0.2, 0.25) is 0 Å². The molecule has 2 N–H and O–H groups in total. The van der Waals surface area contributed by atoms with Crippen molar-refractivity contribution in [2.45, 2.75) is 89.9 Å². The summed E-state index contributed by atoms with van der Waals surface area (Å²) in [6, 6.07) is 0. The van der Waals surface area contributed by atoms with E-state index in [0.29, 0.717) is 12.3 Å². The van der Waals surface area contributed by atoms with E-state index >= 15 is 0 Å². The Bertz CT molecular complexity index is 310. The van der Waals surface area contributed by atoms with Gasteiger partial charge < -0.3 is 10.6 Å². The number of carbonyl (C=O) groups excluding carboxylic acids is 2. The summed E-state index contributed by atoms with van der Waals surface area (Å²) in [5.41, 5.74) is 5.11. The van der Waals surface area contributed by atoms with Crippen LogP contribution in [0.25, 0.3) is 0 Å². The summed E-state index contributed by atoms with van der Waals surface area (Å²) in [5, 5.41) is 0. The molecule has 0 saturated carbocycles. The van der Waals surface area contributed by atoms with E-state index < -0.39 is 0 Å². The molecule has 0 aliphatic carbocycles. The van der Waals surface area contributed by atoms with Crippen molar-refractivity contribution in [2.75, 3.05) is 13.1 Å². The Kier molecular flexibility index (Phi) is 10.8. The van der Waals surface area contributed by atoms with E-state index in [4.69, 9.17) is 5.73 Å². The van der Waals surface area contributed by atoms with Gasteiger partial charge in [-0.2, -0.15) is 0 Å². The molecule has 22 heavy (non-hydrogen) atoms. The first kappa shape index (κ1) is 19.0. The molecule has 128 valence electrons. The molecule has 1 fully saturated rings. The average Bonchev–Trinajstić information content (AvgIpc) is 2.77. The Morgan fingerprint density at radius 2 is 1.14 bits per heavy atom. The Morgan fingerprint density at radius 3 is 1.64 bits per heavy atom. The molecular weight excluding hydrogens is 276 g/mol. The van der Waals surface area contributed by atoms with Crippen molar-refractivity contribution in [3.8, 4) is 0 Å². The van der Waals surface area contributed by atoms with Gasteiger partial charge in [0.1, 0.15) is 0 Å². The quantitative estimate of drug-likeness (QED) is 0.590. The summed E-state index contributed by atoms with van der Waals surface area (Å²) in [6.07, 6.45) is 15.3. The number of primary amides is 1. The monoisotopic (exact) mass is 310 g/mol. The zero-order chi connectivity index (χ0) is 16.0. The minimum absolute atomic E-state index is 0.186. The van der Waals surface area contributed by atoms with Crippen LogP contribution in [0.15, 0.2) is 0 Å². The van der Waals surface area contributed by atoms with Crippen LogP contribution >= 0.6 is 0 Å². The lowest BCUT2D eigenvalue weighted by Gasteiger charge is -2.20. The second-order valence-corrected chi connectivity index (χ2v) is 6.59. The summed E-state index contributed by atoms with van der Waals surface area (Å²) in [5.74, 6) is 0.183. The maximum atomic E-state index is 12.1. The molecule has 1 saturated heterocycles. The van der Waals surface area contributed by atoms with Gasteiger partial charge in [0.2, 0.25) is 11.8 Å². The number of carbonyl (C=O) groups is 2. The molecule has 0 aromatic rings. The van der Waals surface area contributed by atoms with Crippen molar-refractivity contribution in [1.29, 1.82) is 0 Å². The van der Waals surface area contributed by atoms with Gasteiger partial charge in [-0.05, 0) is 25.7 Å². The SMILES string of the molecule is NC(=O)CCCCCCCCCCC(=O)N1CCCCCC1. The van der Waals surface area contributed by atoms with Gasteiger partial charge in [-0.1, -0.05) is 51.4 Å². The van der Waals surface area contributed by atoms with Crippen molar-refractivity contribution in [2.24, 2.45) is 5.73 Å². The van der Waals surface area contributed by atoms with E-state index in [9.17, 15) is 9.59 Å². The van der Waals surface area contributed by atoms with E-state index in [1.54, 1.807) is 0 Å². The van der Waals surface area contributed by atoms with Gasteiger partial charge >= 0.3 is 0 Å². The molecule has 0 radical (unpaired) electrons. The topological polar surface area (TPSA) is 63.4 Å². The molecule has 4 nitrogen and oxygen atoms in total. The Hall–Kier alpha value is -1.06. The first-order valence-corrected chi connectivity index (χ1v) is 9.26. The summed E-state index contributed by atoms with van der Waals surface area (Å²) in [6.45, 7) is 1.95. The Balaban J connectivity index is 1.88. The zero-order valence-corrected chi connectivity index (χ0v) is 14.2. The van der Waals surface area contributed by atoms with Gasteiger partial charge in [0.05, 0.1) is 0 Å². The van der Waals surface area contributed by atoms with E-state index in [-0.39, 0.29) is 5.91 Å². The highest BCUT2D eigenvalue weighted by Crippen LogP contribution is 2.14. The predicted molar refractivity (Wildman–Crippen MR) is 90.4 cm³/mol. The largest absolute Gasteiger partial charge is 0.370 e. The highest BCUT2D eigenvalue weighted by Gasteiger charge is 2.14. The minimum atomic E-state index is -0.186. The fraction of sp³-hybridized carbons (Fsp3) is 0.889. The van der Waals surface area contributed by atoms with Crippen LogP contribution in [0, 0.1) is 0 Å². The van der Waals surface area contributed by atoms with Gasteiger partial charge in [0.15, 0.2) is 0 Å². The smallest absolute Gasteiger partial charge is 0.222 e. The summed E-state index contributed by atoms with van der Waals surface area (Å²) >= 11 is 0. The third-order valence-corrected chi connectivity index (χ3v) is 4.52. The maximum Gasteiger partial charge on any atom is 0.222 e. The molecule has 1 aliphatic heterocycles. The van der Waals surface area contributed by atoms with Crippen LogP contribution in [0.3, 0.4) is 0 Å². The molecule has 2 amide bonds. The van der Waals surface area contributed by atoms with Crippen LogP contribution in [-0.4, -0.2) is 29.8 Å². The van der Waals surface area contributed by atoms with E-state index in [1.807, 2.05) is 0 Å². The minimum Gasteiger partial charge on any atom is -0.370 e. The third kappa shape index (κ3) is 9.80. The first-order valence-electron chi connectivity index (χ1n) is 9.26. The molecule has 0 aromatic heterocycles. The van der Waals surface area contributed by atoms with Crippen molar-refractivity contribution in [3.63, 3.8) is 0 Å². The van der Waals surface area contributed by atoms with Crippen molar-refractivity contribution in [3.05, 3.63) is 0 Å². The number of unbranched alkanes of at least 4 members (excludes halogenated alkanes) is 7. The summed E-state index contributed by atoms with van der Waals surface area (Å²) < 4.78 is 0. The molecule has 1 rings (SSSR count). The molecule has 1 heterocycles. The summed E-state index contributed by atoms with van der Waals surface area (Å²) in [4.78, 5) is 24.8. The average molecular weight is 310 g/mol. The Morgan fingerprint density at radius 1 is 0.682 bits per heavy atom. The normalized spacial score (nSPS) is 15.5. The molecule has 0 unspecified atom stereocenters. The highest BCUT2D eigenvalue weighted by atomic mass is 16.2. The standard InChI is InChI=1S/C18H34N2O2/c19-17(21)13-9-5-3-1-2-4-6-10-14-18(22)20-15-11-7-8-12-16-20/h1-16H2,(H2,19,21). The zero-order valence-electron chi connectivity index (χ0n) is 14.2. The van der Waals surface area contributed by atoms with Crippen molar-refractivity contribution in [1.82, 2.24) is 4.90 Å². The number of amides is 2. The number of likely N-dealkylation sites (tertiary alicyclic amines) is 1. The molecule has 0 aromatic carbocycles. The molecule has 0 spiro atoms. The summed E-state index contributed by atoms with van der Waals surface area (Å²) in [7, 11) is 0. The van der Waals surface area contributed by atoms with Crippen LogP contribution in [0.5, 0.6) is 0 Å². The van der Waals surface area contributed by atoms with Crippen LogP contribution in [0.4, 0.5) is 0 Å². The Labute approximate surface area is 135 Å². The molecule has 4 heteroatoms. The highest BCUT2D eigenvalue weighted by molar-refractivity contribution is 5.76. The lowest BCUT2D eigenvalue weighted by atomic mass is 10.1. The van der Waals surface area contributed by atoms with Gasteiger partial charge in [-0.3, -0.25) is 9.59 Å². The lowest BCUT2D eigenvalue weighted by molar-refractivity contribution is -0.131. The van der Waals surface area contributed by atoms with Crippen molar-refractivity contribution >= 4 is 11.8 Å². The molecule has 0 atom stereocenters. The fourth-order valence-electron chi connectivity index (χ4n) is 3.11. The molecule has 0 bridgehead atoms. The van der Waals surface area contributed by atoms with Crippen LogP contribution < -0.4 is 5.73 Å². The van der Waals surface area contributed by atoms with Gasteiger partial charge in [-0.25, -0.2) is 0 Å². The number of rotatable bonds is 11. The van der Waals surface area contributed by atoms with Gasteiger partial charge in [0, 0.05) is 25.9 Å². The first-order chi connectivity index (χ1) is 10.7. The number of hydrogen-bond donors (Lipinski definition) is 1. The lowest BCUT2D eigenvalue weighted by Crippen LogP contribution is -2.31. The molecule has 1 aliphatic rings. The molecular formula is C18H34N2O2. The number of nitrogens with zero attached hydrogens (tertiary/aromatic N) is 1. The fourth-order valence-corrected chi connectivity index (χ4v) is 3.11. The van der Waals surface area contributed by atoms with Gasteiger partial charge in [-0.15, -0.1) is 0 Å². The van der Waals surface area contributed by atoms with Gasteiger partial charge in [0.25, 0.3) is 0 Å². The number of hydrogen-bond acceptors (Lipinski definition) is 2. The van der Waals surface area contributed by atoms with E-state index in [2.05, 4.69) is 4.90 Å². The van der Waals surface area contributed by atoms with E-state index in [0.717, 1.165) is 38.8 Å². The third-order valence-electron chi connectivity index (χ3n) is 4.52.